The van der Waals surface area contributed by atoms with E-state index in [4.69, 9.17) is 10.5 Å². The first kappa shape index (κ1) is 10.3. The minimum Gasteiger partial charge on any atom is -0.497 e. The van der Waals surface area contributed by atoms with Crippen LogP contribution in [0.25, 0.3) is 0 Å². The monoisotopic (exact) mass is 206 g/mol. The second-order valence-corrected chi connectivity index (χ2v) is 3.89. The van der Waals surface area contributed by atoms with Crippen molar-refractivity contribution in [3.8, 4) is 5.75 Å². The molecular formula is C12H18N2O. The van der Waals surface area contributed by atoms with E-state index >= 15 is 0 Å². The zero-order valence-electron chi connectivity index (χ0n) is 9.20. The van der Waals surface area contributed by atoms with Crippen LogP contribution in [0.4, 0.5) is 5.69 Å². The third-order valence-corrected chi connectivity index (χ3v) is 2.96. The highest BCUT2D eigenvalue weighted by atomic mass is 16.5. The molecule has 15 heavy (non-hydrogen) atoms. The SMILES string of the molecule is COc1ccc(CN)c(N2CCCC2)c1. The highest BCUT2D eigenvalue weighted by Crippen LogP contribution is 2.28. The molecule has 1 aromatic carbocycles. The summed E-state index contributed by atoms with van der Waals surface area (Å²) in [6.45, 7) is 2.87. The van der Waals surface area contributed by atoms with Crippen LogP contribution in [0.1, 0.15) is 18.4 Å². The predicted octanol–water partition coefficient (Wildman–Crippen LogP) is 1.75. The average molecular weight is 206 g/mol. The summed E-state index contributed by atoms with van der Waals surface area (Å²) in [7, 11) is 1.70. The number of ether oxygens (including phenoxy) is 1. The van der Waals surface area contributed by atoms with Crippen LogP contribution in [0.15, 0.2) is 18.2 Å². The summed E-state index contributed by atoms with van der Waals surface area (Å²) >= 11 is 0. The Morgan fingerprint density at radius 1 is 1.33 bits per heavy atom. The lowest BCUT2D eigenvalue weighted by atomic mass is 10.1. The molecule has 82 valence electrons. The number of hydrogen-bond acceptors (Lipinski definition) is 3. The predicted molar refractivity (Wildman–Crippen MR) is 62.3 cm³/mol. The molecule has 0 aliphatic carbocycles. The maximum Gasteiger partial charge on any atom is 0.120 e. The van der Waals surface area contributed by atoms with E-state index < -0.39 is 0 Å². The summed E-state index contributed by atoms with van der Waals surface area (Å²) in [4.78, 5) is 2.39. The van der Waals surface area contributed by atoms with Crippen molar-refractivity contribution < 1.29 is 4.74 Å². The number of anilines is 1. The molecule has 0 atom stereocenters. The van der Waals surface area contributed by atoms with Gasteiger partial charge in [-0.05, 0) is 24.5 Å². The van der Waals surface area contributed by atoms with Gasteiger partial charge in [0.15, 0.2) is 0 Å². The van der Waals surface area contributed by atoms with Crippen molar-refractivity contribution in [3.05, 3.63) is 23.8 Å². The summed E-state index contributed by atoms with van der Waals surface area (Å²) < 4.78 is 5.25. The lowest BCUT2D eigenvalue weighted by Crippen LogP contribution is -2.20. The largest absolute Gasteiger partial charge is 0.497 e. The molecule has 3 heteroatoms. The van der Waals surface area contributed by atoms with E-state index in [1.54, 1.807) is 7.11 Å². The molecule has 1 saturated heterocycles. The van der Waals surface area contributed by atoms with Crippen molar-refractivity contribution in [1.29, 1.82) is 0 Å². The normalized spacial score (nSPS) is 15.7. The van der Waals surface area contributed by atoms with Gasteiger partial charge in [-0.25, -0.2) is 0 Å². The maximum absolute atomic E-state index is 5.74. The molecule has 1 aliphatic heterocycles. The number of benzene rings is 1. The van der Waals surface area contributed by atoms with Gasteiger partial charge in [-0.15, -0.1) is 0 Å². The first-order chi connectivity index (χ1) is 7.35. The van der Waals surface area contributed by atoms with Gasteiger partial charge in [-0.1, -0.05) is 6.07 Å². The molecule has 0 unspecified atom stereocenters. The Kier molecular flexibility index (Phi) is 3.11. The molecule has 1 aromatic rings. The van der Waals surface area contributed by atoms with Gasteiger partial charge in [0.05, 0.1) is 7.11 Å². The second kappa shape index (κ2) is 4.53. The first-order valence-corrected chi connectivity index (χ1v) is 5.47. The van der Waals surface area contributed by atoms with E-state index in [9.17, 15) is 0 Å². The first-order valence-electron chi connectivity index (χ1n) is 5.47. The van der Waals surface area contributed by atoms with Crippen LogP contribution in [0, 0.1) is 0 Å². The standard InChI is InChI=1S/C12H18N2O/c1-15-11-5-4-10(9-13)12(8-11)14-6-2-3-7-14/h4-5,8H,2-3,6-7,9,13H2,1H3. The average Bonchev–Trinajstić information content (AvgIpc) is 2.81. The van der Waals surface area contributed by atoms with Crippen LogP contribution in [0.3, 0.4) is 0 Å². The van der Waals surface area contributed by atoms with Gasteiger partial charge in [0.1, 0.15) is 5.75 Å². The lowest BCUT2D eigenvalue weighted by molar-refractivity contribution is 0.414. The van der Waals surface area contributed by atoms with E-state index in [1.165, 1.54) is 24.1 Å². The van der Waals surface area contributed by atoms with Crippen LogP contribution < -0.4 is 15.4 Å². The van der Waals surface area contributed by atoms with Gasteiger partial charge in [0.2, 0.25) is 0 Å². The van der Waals surface area contributed by atoms with Crippen LogP contribution >= 0.6 is 0 Å². The van der Waals surface area contributed by atoms with Crippen LogP contribution in [0.2, 0.25) is 0 Å². The van der Waals surface area contributed by atoms with Gasteiger partial charge < -0.3 is 15.4 Å². The highest BCUT2D eigenvalue weighted by Gasteiger charge is 2.15. The Bertz CT molecular complexity index is 332. The van der Waals surface area contributed by atoms with Crippen LogP contribution in [-0.4, -0.2) is 20.2 Å². The zero-order valence-corrected chi connectivity index (χ0v) is 9.20. The molecule has 0 spiro atoms. The van der Waals surface area contributed by atoms with Gasteiger partial charge in [0.25, 0.3) is 0 Å². The molecule has 1 aliphatic rings. The highest BCUT2D eigenvalue weighted by molar-refractivity contribution is 5.57. The minimum atomic E-state index is 0.593. The molecule has 0 radical (unpaired) electrons. The van der Waals surface area contributed by atoms with Crippen molar-refractivity contribution in [2.75, 3.05) is 25.1 Å². The van der Waals surface area contributed by atoms with E-state index in [0.29, 0.717) is 6.54 Å². The molecule has 0 saturated carbocycles. The van der Waals surface area contributed by atoms with Crippen LogP contribution in [-0.2, 0) is 6.54 Å². The third-order valence-electron chi connectivity index (χ3n) is 2.96. The fraction of sp³-hybridized carbons (Fsp3) is 0.500. The molecule has 2 rings (SSSR count). The van der Waals surface area contributed by atoms with Crippen molar-refractivity contribution in [2.45, 2.75) is 19.4 Å². The molecule has 0 aromatic heterocycles. The lowest BCUT2D eigenvalue weighted by Gasteiger charge is -2.21. The number of rotatable bonds is 3. The Balaban J connectivity index is 2.32. The fourth-order valence-corrected chi connectivity index (χ4v) is 2.10. The molecular weight excluding hydrogens is 188 g/mol. The van der Waals surface area contributed by atoms with E-state index in [0.717, 1.165) is 18.8 Å². The molecule has 3 nitrogen and oxygen atoms in total. The van der Waals surface area contributed by atoms with Gasteiger partial charge in [-0.3, -0.25) is 0 Å². The number of hydrogen-bond donors (Lipinski definition) is 1. The van der Waals surface area contributed by atoms with Crippen LogP contribution in [0.5, 0.6) is 5.75 Å². The topological polar surface area (TPSA) is 38.5 Å². The van der Waals surface area contributed by atoms with E-state index in [1.807, 2.05) is 6.07 Å². The summed E-state index contributed by atoms with van der Waals surface area (Å²) in [6, 6.07) is 6.13. The smallest absolute Gasteiger partial charge is 0.120 e. The molecule has 1 fully saturated rings. The quantitative estimate of drug-likeness (QED) is 0.819. The van der Waals surface area contributed by atoms with Gasteiger partial charge >= 0.3 is 0 Å². The summed E-state index contributed by atoms with van der Waals surface area (Å²) in [6.07, 6.45) is 2.56. The second-order valence-electron chi connectivity index (χ2n) is 3.89. The summed E-state index contributed by atoms with van der Waals surface area (Å²) in [5.41, 5.74) is 8.19. The Morgan fingerprint density at radius 2 is 2.07 bits per heavy atom. The summed E-state index contributed by atoms with van der Waals surface area (Å²) in [5, 5.41) is 0. The zero-order chi connectivity index (χ0) is 10.7. The number of methoxy groups -OCH3 is 1. The number of nitrogens with zero attached hydrogens (tertiary/aromatic N) is 1. The van der Waals surface area contributed by atoms with E-state index in [2.05, 4.69) is 17.0 Å². The minimum absolute atomic E-state index is 0.593. The third kappa shape index (κ3) is 2.07. The Morgan fingerprint density at radius 3 is 2.67 bits per heavy atom. The van der Waals surface area contributed by atoms with Crippen molar-refractivity contribution in [3.63, 3.8) is 0 Å². The number of nitrogens with two attached hydrogens (primary N) is 1. The Labute approximate surface area is 90.8 Å². The van der Waals surface area contributed by atoms with Gasteiger partial charge in [0, 0.05) is 31.4 Å². The van der Waals surface area contributed by atoms with Crippen molar-refractivity contribution in [1.82, 2.24) is 0 Å². The van der Waals surface area contributed by atoms with Crippen molar-refractivity contribution in [2.24, 2.45) is 5.73 Å². The van der Waals surface area contributed by atoms with Crippen molar-refractivity contribution >= 4 is 5.69 Å². The van der Waals surface area contributed by atoms with Gasteiger partial charge in [-0.2, -0.15) is 0 Å². The van der Waals surface area contributed by atoms with E-state index in [-0.39, 0.29) is 0 Å². The molecule has 1 heterocycles. The Hall–Kier alpha value is -1.22. The molecule has 0 amide bonds. The molecule has 0 bridgehead atoms. The summed E-state index contributed by atoms with van der Waals surface area (Å²) in [5.74, 6) is 0.911. The fourth-order valence-electron chi connectivity index (χ4n) is 2.10. The maximum atomic E-state index is 5.74. The molecule has 2 N–H and O–H groups in total.